The van der Waals surface area contributed by atoms with Gasteiger partial charge in [-0.3, -0.25) is 0 Å². The molecule has 0 heterocycles. The van der Waals surface area contributed by atoms with Crippen molar-refractivity contribution in [2.75, 3.05) is 12.3 Å². The lowest BCUT2D eigenvalue weighted by Gasteiger charge is -2.23. The Labute approximate surface area is 129 Å². The van der Waals surface area contributed by atoms with Crippen LogP contribution in [0.3, 0.4) is 0 Å². The summed E-state index contributed by atoms with van der Waals surface area (Å²) in [5.74, 6) is 0.943. The molecule has 1 aromatic carbocycles. The highest BCUT2D eigenvalue weighted by Crippen LogP contribution is 2.29. The average Bonchev–Trinajstić information content (AvgIpc) is 2.35. The van der Waals surface area contributed by atoms with Gasteiger partial charge in [-0.15, -0.1) is 0 Å². The van der Waals surface area contributed by atoms with Crippen LogP contribution < -0.4 is 5.32 Å². The second kappa shape index (κ2) is 7.54. The molecular weight excluding hydrogens is 295 g/mol. The Bertz CT molecular complexity index is 421. The first kappa shape index (κ1) is 18.4. The Kier molecular flexibility index (Phi) is 6.60. The average molecular weight is 319 g/mol. The molecule has 1 aromatic rings. The Balaban J connectivity index is 2.66. The maximum atomic E-state index is 12.5. The molecule has 1 atom stereocenters. The lowest BCUT2D eigenvalue weighted by Crippen LogP contribution is -2.34. The van der Waals surface area contributed by atoms with E-state index in [-0.39, 0.29) is 10.8 Å². The number of likely N-dealkylation sites (N-methyl/N-ethyl adjacent to an activating group) is 1. The van der Waals surface area contributed by atoms with Crippen LogP contribution >= 0.6 is 11.8 Å². The summed E-state index contributed by atoms with van der Waals surface area (Å²) < 4.78 is 37.8. The van der Waals surface area contributed by atoms with E-state index in [4.69, 9.17) is 0 Å². The molecule has 1 rings (SSSR count). The van der Waals surface area contributed by atoms with Gasteiger partial charge in [-0.25, -0.2) is 0 Å². The number of alkyl halides is 3. The van der Waals surface area contributed by atoms with E-state index in [1.807, 2.05) is 18.7 Å². The van der Waals surface area contributed by atoms with E-state index in [1.165, 1.54) is 0 Å². The van der Waals surface area contributed by atoms with Crippen molar-refractivity contribution in [3.05, 3.63) is 35.4 Å². The zero-order valence-electron chi connectivity index (χ0n) is 13.1. The van der Waals surface area contributed by atoms with E-state index >= 15 is 0 Å². The van der Waals surface area contributed by atoms with Gasteiger partial charge in [-0.2, -0.15) is 24.9 Å². The standard InChI is InChI=1S/C16H24F3NS/c1-5-20-14(11-21-15(2,3)4)10-12-6-8-13(9-7-12)16(17,18)19/h6-9,14,20H,5,10-11H2,1-4H3. The predicted molar refractivity (Wildman–Crippen MR) is 84.8 cm³/mol. The summed E-state index contributed by atoms with van der Waals surface area (Å²) in [6.07, 6.45) is -3.52. The number of hydrogen-bond acceptors (Lipinski definition) is 2. The SMILES string of the molecule is CCNC(CSC(C)(C)C)Cc1ccc(C(F)(F)F)cc1. The quantitative estimate of drug-likeness (QED) is 0.811. The largest absolute Gasteiger partial charge is 0.416 e. The molecule has 0 amide bonds. The number of rotatable bonds is 6. The van der Waals surface area contributed by atoms with E-state index in [0.717, 1.165) is 36.4 Å². The highest BCUT2D eigenvalue weighted by molar-refractivity contribution is 8.00. The molecule has 0 aliphatic carbocycles. The summed E-state index contributed by atoms with van der Waals surface area (Å²) in [6.45, 7) is 9.40. The molecule has 0 saturated carbocycles. The van der Waals surface area contributed by atoms with Crippen molar-refractivity contribution in [3.8, 4) is 0 Å². The molecule has 0 radical (unpaired) electrons. The number of hydrogen-bond donors (Lipinski definition) is 1. The third kappa shape index (κ3) is 7.23. The Morgan fingerprint density at radius 2 is 1.67 bits per heavy atom. The molecule has 0 saturated heterocycles. The van der Waals surface area contributed by atoms with Gasteiger partial charge in [0.05, 0.1) is 5.56 Å². The minimum Gasteiger partial charge on any atom is -0.313 e. The summed E-state index contributed by atoms with van der Waals surface area (Å²) in [4.78, 5) is 0. The fourth-order valence-electron chi connectivity index (χ4n) is 1.94. The monoisotopic (exact) mass is 319 g/mol. The van der Waals surface area contributed by atoms with Gasteiger partial charge < -0.3 is 5.32 Å². The van der Waals surface area contributed by atoms with Gasteiger partial charge in [0.25, 0.3) is 0 Å². The molecule has 0 bridgehead atoms. The van der Waals surface area contributed by atoms with Crippen molar-refractivity contribution in [3.63, 3.8) is 0 Å². The third-order valence-electron chi connectivity index (χ3n) is 2.97. The Hall–Kier alpha value is -0.680. The first-order valence-electron chi connectivity index (χ1n) is 7.15. The van der Waals surface area contributed by atoms with Crippen LogP contribution in [0.15, 0.2) is 24.3 Å². The number of benzene rings is 1. The van der Waals surface area contributed by atoms with Crippen LogP contribution in [-0.4, -0.2) is 23.1 Å². The Morgan fingerprint density at radius 3 is 2.10 bits per heavy atom. The number of halogens is 3. The van der Waals surface area contributed by atoms with Crippen LogP contribution in [0.1, 0.15) is 38.8 Å². The molecule has 0 spiro atoms. The molecule has 120 valence electrons. The Morgan fingerprint density at radius 1 is 1.10 bits per heavy atom. The maximum Gasteiger partial charge on any atom is 0.416 e. The zero-order valence-corrected chi connectivity index (χ0v) is 13.9. The van der Waals surface area contributed by atoms with E-state index < -0.39 is 11.7 Å². The molecule has 21 heavy (non-hydrogen) atoms. The molecule has 0 aromatic heterocycles. The van der Waals surface area contributed by atoms with Crippen LogP contribution in [0.5, 0.6) is 0 Å². The van der Waals surface area contributed by atoms with E-state index in [2.05, 4.69) is 26.1 Å². The first-order chi connectivity index (χ1) is 9.62. The zero-order chi connectivity index (χ0) is 16.1. The van der Waals surface area contributed by atoms with Crippen molar-refractivity contribution >= 4 is 11.8 Å². The highest BCUT2D eigenvalue weighted by Gasteiger charge is 2.30. The number of nitrogens with one attached hydrogen (secondary N) is 1. The normalized spacial score (nSPS) is 14.2. The molecule has 1 N–H and O–H groups in total. The van der Waals surface area contributed by atoms with Gasteiger partial charge in [0.15, 0.2) is 0 Å². The molecule has 1 nitrogen and oxygen atoms in total. The first-order valence-corrected chi connectivity index (χ1v) is 8.14. The van der Waals surface area contributed by atoms with Crippen LogP contribution in [0, 0.1) is 0 Å². The van der Waals surface area contributed by atoms with Gasteiger partial charge in [0, 0.05) is 16.5 Å². The fourth-order valence-corrected chi connectivity index (χ4v) is 2.88. The van der Waals surface area contributed by atoms with E-state index in [9.17, 15) is 13.2 Å². The lowest BCUT2D eigenvalue weighted by molar-refractivity contribution is -0.137. The minimum absolute atomic E-state index is 0.188. The van der Waals surface area contributed by atoms with Gasteiger partial charge in [0.1, 0.15) is 0 Å². The van der Waals surface area contributed by atoms with Crippen molar-refractivity contribution < 1.29 is 13.2 Å². The minimum atomic E-state index is -4.26. The topological polar surface area (TPSA) is 12.0 Å². The van der Waals surface area contributed by atoms with Crippen LogP contribution in [0.25, 0.3) is 0 Å². The van der Waals surface area contributed by atoms with Gasteiger partial charge >= 0.3 is 6.18 Å². The van der Waals surface area contributed by atoms with E-state index in [0.29, 0.717) is 0 Å². The lowest BCUT2D eigenvalue weighted by atomic mass is 10.0. The fraction of sp³-hybridized carbons (Fsp3) is 0.625. The summed E-state index contributed by atoms with van der Waals surface area (Å²) in [7, 11) is 0. The maximum absolute atomic E-state index is 12.5. The summed E-state index contributed by atoms with van der Waals surface area (Å²) >= 11 is 1.87. The van der Waals surface area contributed by atoms with Crippen LogP contribution in [0.4, 0.5) is 13.2 Å². The van der Waals surface area contributed by atoms with Crippen molar-refractivity contribution in [2.45, 2.75) is 51.1 Å². The molecule has 5 heteroatoms. The third-order valence-corrected chi connectivity index (χ3v) is 4.41. The summed E-state index contributed by atoms with van der Waals surface area (Å²) in [6, 6.07) is 5.75. The van der Waals surface area contributed by atoms with Crippen LogP contribution in [0.2, 0.25) is 0 Å². The van der Waals surface area contributed by atoms with Crippen molar-refractivity contribution in [1.82, 2.24) is 5.32 Å². The molecule has 0 aliphatic rings. The molecule has 1 unspecified atom stereocenters. The highest BCUT2D eigenvalue weighted by atomic mass is 32.2. The van der Waals surface area contributed by atoms with Gasteiger partial charge in [-0.1, -0.05) is 39.8 Å². The van der Waals surface area contributed by atoms with Crippen molar-refractivity contribution in [2.24, 2.45) is 0 Å². The van der Waals surface area contributed by atoms with Gasteiger partial charge in [0.2, 0.25) is 0 Å². The van der Waals surface area contributed by atoms with E-state index in [1.54, 1.807) is 12.1 Å². The molecule has 0 aliphatic heterocycles. The second-order valence-electron chi connectivity index (χ2n) is 6.08. The van der Waals surface area contributed by atoms with Crippen LogP contribution in [-0.2, 0) is 12.6 Å². The molecular formula is C16H24F3NS. The number of thioether (sulfide) groups is 1. The molecule has 0 fully saturated rings. The van der Waals surface area contributed by atoms with Gasteiger partial charge in [-0.05, 0) is 30.7 Å². The summed E-state index contributed by atoms with van der Waals surface area (Å²) in [5, 5.41) is 3.41. The second-order valence-corrected chi connectivity index (χ2v) is 7.92. The smallest absolute Gasteiger partial charge is 0.313 e. The summed E-state index contributed by atoms with van der Waals surface area (Å²) in [5.41, 5.74) is 0.346. The van der Waals surface area contributed by atoms with Crippen molar-refractivity contribution in [1.29, 1.82) is 0 Å². The predicted octanol–water partition coefficient (Wildman–Crippen LogP) is 4.76.